The summed E-state index contributed by atoms with van der Waals surface area (Å²) in [6.45, 7) is 1.86. The zero-order valence-electron chi connectivity index (χ0n) is 9.71. The van der Waals surface area contributed by atoms with Crippen molar-refractivity contribution in [3.05, 3.63) is 42.2 Å². The summed E-state index contributed by atoms with van der Waals surface area (Å²) in [5.41, 5.74) is 0.513. The Morgan fingerprint density at radius 3 is 2.89 bits per heavy atom. The lowest BCUT2D eigenvalue weighted by Gasteiger charge is -2.11. The van der Waals surface area contributed by atoms with Crippen LogP contribution in [-0.4, -0.2) is 27.9 Å². The number of halogens is 2. The van der Waals surface area contributed by atoms with E-state index in [1.165, 1.54) is 6.07 Å². The lowest BCUT2D eigenvalue weighted by molar-refractivity contribution is 0.607. The van der Waals surface area contributed by atoms with E-state index in [2.05, 4.69) is 15.5 Å². The summed E-state index contributed by atoms with van der Waals surface area (Å²) in [4.78, 5) is 0. The number of aromatic nitrogens is 3. The molecule has 0 amide bonds. The first-order valence-corrected chi connectivity index (χ1v) is 5.72. The molecule has 96 valence electrons. The zero-order valence-corrected chi connectivity index (χ0v) is 10.5. The first-order chi connectivity index (χ1) is 8.36. The van der Waals surface area contributed by atoms with Gasteiger partial charge in [0.2, 0.25) is 0 Å². The summed E-state index contributed by atoms with van der Waals surface area (Å²) in [5.74, 6) is 0.900. The highest BCUT2D eigenvalue weighted by Gasteiger charge is 2.23. The number of para-hydroxylation sites is 1. The van der Waals surface area contributed by atoms with E-state index in [9.17, 15) is 4.39 Å². The van der Waals surface area contributed by atoms with Crippen LogP contribution in [0.2, 0.25) is 0 Å². The minimum absolute atomic E-state index is 0. The first kappa shape index (κ1) is 13.0. The fourth-order valence-electron chi connectivity index (χ4n) is 2.23. The molecule has 0 aliphatic carbocycles. The maximum Gasteiger partial charge on any atom is 0.147 e. The maximum absolute atomic E-state index is 13.7. The summed E-state index contributed by atoms with van der Waals surface area (Å²) in [6, 6.07) is 6.69. The molecular weight excluding hydrogens is 255 g/mol. The Bertz CT molecular complexity index is 522. The summed E-state index contributed by atoms with van der Waals surface area (Å²) in [5, 5.41) is 11.3. The SMILES string of the molecule is Cl.Fc1ccccc1-n1cnnc1C1CCNC1. The van der Waals surface area contributed by atoms with E-state index in [0.29, 0.717) is 11.6 Å². The molecule has 4 nitrogen and oxygen atoms in total. The fraction of sp³-hybridized carbons (Fsp3) is 0.333. The average Bonchev–Trinajstić information content (AvgIpc) is 3.00. The van der Waals surface area contributed by atoms with Gasteiger partial charge in [0.25, 0.3) is 0 Å². The van der Waals surface area contributed by atoms with E-state index in [-0.39, 0.29) is 18.2 Å². The van der Waals surface area contributed by atoms with Crippen LogP contribution in [0.15, 0.2) is 30.6 Å². The van der Waals surface area contributed by atoms with Crippen molar-refractivity contribution in [2.24, 2.45) is 0 Å². The van der Waals surface area contributed by atoms with Gasteiger partial charge in [-0.05, 0) is 25.1 Å². The summed E-state index contributed by atoms with van der Waals surface area (Å²) >= 11 is 0. The number of nitrogens with zero attached hydrogens (tertiary/aromatic N) is 3. The summed E-state index contributed by atoms with van der Waals surface area (Å²) in [7, 11) is 0. The maximum atomic E-state index is 13.7. The van der Waals surface area contributed by atoms with Crippen LogP contribution in [0.3, 0.4) is 0 Å². The second-order valence-corrected chi connectivity index (χ2v) is 4.20. The van der Waals surface area contributed by atoms with Crippen molar-refractivity contribution in [1.82, 2.24) is 20.1 Å². The molecule has 3 rings (SSSR count). The second-order valence-electron chi connectivity index (χ2n) is 4.20. The second kappa shape index (κ2) is 5.46. The number of hydrogen-bond acceptors (Lipinski definition) is 3. The molecule has 1 aliphatic heterocycles. The molecule has 0 bridgehead atoms. The summed E-state index contributed by atoms with van der Waals surface area (Å²) < 4.78 is 15.5. The Balaban J connectivity index is 0.00000120. The molecule has 2 aromatic rings. The Kier molecular flexibility index (Phi) is 3.93. The number of nitrogens with one attached hydrogen (secondary N) is 1. The number of rotatable bonds is 2. The third-order valence-corrected chi connectivity index (χ3v) is 3.11. The molecule has 1 fully saturated rings. The molecule has 6 heteroatoms. The third-order valence-electron chi connectivity index (χ3n) is 3.11. The Morgan fingerprint density at radius 2 is 2.17 bits per heavy atom. The van der Waals surface area contributed by atoms with E-state index in [1.54, 1.807) is 23.0 Å². The van der Waals surface area contributed by atoms with Crippen molar-refractivity contribution in [2.75, 3.05) is 13.1 Å². The molecule has 1 aliphatic rings. The lowest BCUT2D eigenvalue weighted by Crippen LogP contribution is -2.12. The lowest BCUT2D eigenvalue weighted by atomic mass is 10.1. The van der Waals surface area contributed by atoms with E-state index in [4.69, 9.17) is 0 Å². The van der Waals surface area contributed by atoms with Gasteiger partial charge < -0.3 is 5.32 Å². The standard InChI is InChI=1S/C12H13FN4.ClH/c13-10-3-1-2-4-11(10)17-8-15-16-12(17)9-5-6-14-7-9;/h1-4,8-9,14H,5-7H2;1H. The van der Waals surface area contributed by atoms with Gasteiger partial charge in [-0.15, -0.1) is 22.6 Å². The third kappa shape index (κ3) is 2.23. The van der Waals surface area contributed by atoms with Crippen LogP contribution in [0.1, 0.15) is 18.2 Å². The predicted molar refractivity (Wildman–Crippen MR) is 68.8 cm³/mol. The number of hydrogen-bond donors (Lipinski definition) is 1. The molecule has 1 aromatic carbocycles. The largest absolute Gasteiger partial charge is 0.316 e. The molecular formula is C12H14ClFN4. The van der Waals surface area contributed by atoms with E-state index in [1.807, 2.05) is 6.07 Å². The van der Waals surface area contributed by atoms with E-state index < -0.39 is 0 Å². The van der Waals surface area contributed by atoms with Gasteiger partial charge in [0.1, 0.15) is 18.0 Å². The van der Waals surface area contributed by atoms with Crippen LogP contribution >= 0.6 is 12.4 Å². The van der Waals surface area contributed by atoms with Crippen molar-refractivity contribution in [1.29, 1.82) is 0 Å². The Hall–Kier alpha value is -1.46. The van der Waals surface area contributed by atoms with Gasteiger partial charge >= 0.3 is 0 Å². The van der Waals surface area contributed by atoms with Gasteiger partial charge in [-0.2, -0.15) is 0 Å². The molecule has 1 aromatic heterocycles. The molecule has 0 saturated carbocycles. The molecule has 1 unspecified atom stereocenters. The molecule has 1 atom stereocenters. The quantitative estimate of drug-likeness (QED) is 0.905. The topological polar surface area (TPSA) is 42.7 Å². The van der Waals surface area contributed by atoms with Gasteiger partial charge in [-0.25, -0.2) is 4.39 Å². The van der Waals surface area contributed by atoms with Crippen LogP contribution in [-0.2, 0) is 0 Å². The van der Waals surface area contributed by atoms with E-state index >= 15 is 0 Å². The van der Waals surface area contributed by atoms with Gasteiger partial charge in [0.15, 0.2) is 0 Å². The molecule has 1 saturated heterocycles. The van der Waals surface area contributed by atoms with Gasteiger partial charge in [0, 0.05) is 12.5 Å². The monoisotopic (exact) mass is 268 g/mol. The average molecular weight is 269 g/mol. The zero-order chi connectivity index (χ0) is 11.7. The molecule has 0 radical (unpaired) electrons. The first-order valence-electron chi connectivity index (χ1n) is 5.72. The predicted octanol–water partition coefficient (Wildman–Crippen LogP) is 1.91. The molecule has 18 heavy (non-hydrogen) atoms. The minimum atomic E-state index is -0.250. The van der Waals surface area contributed by atoms with Crippen molar-refractivity contribution in [3.63, 3.8) is 0 Å². The van der Waals surface area contributed by atoms with Crippen LogP contribution in [0.5, 0.6) is 0 Å². The van der Waals surface area contributed by atoms with Crippen LogP contribution < -0.4 is 5.32 Å². The van der Waals surface area contributed by atoms with Crippen LogP contribution in [0.25, 0.3) is 5.69 Å². The van der Waals surface area contributed by atoms with E-state index in [0.717, 1.165) is 25.3 Å². The van der Waals surface area contributed by atoms with Gasteiger partial charge in [0.05, 0.1) is 5.69 Å². The highest BCUT2D eigenvalue weighted by Crippen LogP contribution is 2.23. The highest BCUT2D eigenvalue weighted by molar-refractivity contribution is 5.85. The Morgan fingerprint density at radius 1 is 1.33 bits per heavy atom. The molecule has 2 heterocycles. The normalized spacial score (nSPS) is 18.6. The minimum Gasteiger partial charge on any atom is -0.316 e. The highest BCUT2D eigenvalue weighted by atomic mass is 35.5. The summed E-state index contributed by atoms with van der Waals surface area (Å²) in [6.07, 6.45) is 2.60. The van der Waals surface area contributed by atoms with Crippen molar-refractivity contribution in [2.45, 2.75) is 12.3 Å². The van der Waals surface area contributed by atoms with Crippen molar-refractivity contribution >= 4 is 12.4 Å². The van der Waals surface area contributed by atoms with Crippen LogP contribution in [0.4, 0.5) is 4.39 Å². The van der Waals surface area contributed by atoms with Gasteiger partial charge in [-0.1, -0.05) is 12.1 Å². The molecule has 1 N–H and O–H groups in total. The smallest absolute Gasteiger partial charge is 0.147 e. The van der Waals surface area contributed by atoms with Crippen LogP contribution in [0, 0.1) is 5.82 Å². The number of benzene rings is 1. The Labute approximate surface area is 111 Å². The fourth-order valence-corrected chi connectivity index (χ4v) is 2.23. The van der Waals surface area contributed by atoms with Crippen molar-refractivity contribution in [3.8, 4) is 5.69 Å². The molecule has 0 spiro atoms. The van der Waals surface area contributed by atoms with Gasteiger partial charge in [-0.3, -0.25) is 4.57 Å². The van der Waals surface area contributed by atoms with Crippen molar-refractivity contribution < 1.29 is 4.39 Å².